The van der Waals surface area contributed by atoms with Crippen LogP contribution < -0.4 is 0 Å². The Labute approximate surface area is 118 Å². The zero-order valence-corrected chi connectivity index (χ0v) is 11.8. The highest BCUT2D eigenvalue weighted by Gasteiger charge is 2.02. The van der Waals surface area contributed by atoms with Crippen LogP contribution in [0.15, 0.2) is 36.4 Å². The standard InChI is InChI=1S/C17H16ClF/c1-3-14-9-7-13(11-12(14)2)8-10-15-16(18)5-4-6-17(15)19/h4-11H,3H2,1-2H3. The van der Waals surface area contributed by atoms with Crippen molar-refractivity contribution in [1.29, 1.82) is 0 Å². The van der Waals surface area contributed by atoms with Gasteiger partial charge in [0.25, 0.3) is 0 Å². The lowest BCUT2D eigenvalue weighted by atomic mass is 10.0. The summed E-state index contributed by atoms with van der Waals surface area (Å²) in [5.74, 6) is -0.300. The molecular formula is C17H16ClF. The summed E-state index contributed by atoms with van der Waals surface area (Å²) in [7, 11) is 0. The summed E-state index contributed by atoms with van der Waals surface area (Å²) in [6.45, 7) is 4.23. The van der Waals surface area contributed by atoms with E-state index in [9.17, 15) is 4.39 Å². The van der Waals surface area contributed by atoms with Crippen LogP contribution in [-0.2, 0) is 6.42 Å². The smallest absolute Gasteiger partial charge is 0.131 e. The summed E-state index contributed by atoms with van der Waals surface area (Å²) in [6.07, 6.45) is 4.63. The fourth-order valence-corrected chi connectivity index (χ4v) is 2.29. The van der Waals surface area contributed by atoms with Crippen LogP contribution in [0.4, 0.5) is 4.39 Å². The van der Waals surface area contributed by atoms with Crippen molar-refractivity contribution in [2.45, 2.75) is 20.3 Å². The van der Waals surface area contributed by atoms with E-state index in [0.717, 1.165) is 12.0 Å². The first-order chi connectivity index (χ1) is 9.11. The van der Waals surface area contributed by atoms with Crippen LogP contribution >= 0.6 is 11.6 Å². The number of halogens is 2. The summed E-state index contributed by atoms with van der Waals surface area (Å²) in [5.41, 5.74) is 4.07. The summed E-state index contributed by atoms with van der Waals surface area (Å²) in [5, 5.41) is 0.429. The highest BCUT2D eigenvalue weighted by molar-refractivity contribution is 6.32. The molecule has 0 aliphatic rings. The van der Waals surface area contributed by atoms with Gasteiger partial charge < -0.3 is 0 Å². The van der Waals surface area contributed by atoms with Crippen molar-refractivity contribution < 1.29 is 4.39 Å². The first-order valence-corrected chi connectivity index (χ1v) is 6.71. The van der Waals surface area contributed by atoms with Gasteiger partial charge in [-0.15, -0.1) is 0 Å². The van der Waals surface area contributed by atoms with Gasteiger partial charge in [0.15, 0.2) is 0 Å². The Bertz CT molecular complexity index is 594. The van der Waals surface area contributed by atoms with Crippen LogP contribution in [0.3, 0.4) is 0 Å². The minimum Gasteiger partial charge on any atom is -0.206 e. The first-order valence-electron chi connectivity index (χ1n) is 6.33. The molecule has 0 radical (unpaired) electrons. The maximum atomic E-state index is 13.6. The van der Waals surface area contributed by atoms with Crippen molar-refractivity contribution >= 4 is 23.8 Å². The lowest BCUT2D eigenvalue weighted by molar-refractivity contribution is 0.625. The zero-order chi connectivity index (χ0) is 13.8. The van der Waals surface area contributed by atoms with Crippen molar-refractivity contribution in [3.8, 4) is 0 Å². The molecule has 2 aromatic carbocycles. The molecule has 0 aromatic heterocycles. The molecule has 98 valence electrons. The van der Waals surface area contributed by atoms with Crippen molar-refractivity contribution in [3.63, 3.8) is 0 Å². The molecule has 0 aliphatic heterocycles. The number of benzene rings is 2. The van der Waals surface area contributed by atoms with E-state index in [-0.39, 0.29) is 5.82 Å². The molecular weight excluding hydrogens is 259 g/mol. The third-order valence-corrected chi connectivity index (χ3v) is 3.52. The Hall–Kier alpha value is -1.60. The van der Waals surface area contributed by atoms with E-state index in [2.05, 4.69) is 26.0 Å². The maximum absolute atomic E-state index is 13.6. The molecule has 2 aromatic rings. The number of hydrogen-bond donors (Lipinski definition) is 0. The van der Waals surface area contributed by atoms with Crippen molar-refractivity contribution in [1.82, 2.24) is 0 Å². The van der Waals surface area contributed by atoms with Crippen LogP contribution in [0.25, 0.3) is 12.2 Å². The number of aryl methyl sites for hydroxylation is 2. The molecule has 0 unspecified atom stereocenters. The molecule has 0 heterocycles. The average Bonchev–Trinajstić information content (AvgIpc) is 2.38. The molecule has 2 rings (SSSR count). The third-order valence-electron chi connectivity index (χ3n) is 3.19. The Kier molecular flexibility index (Phi) is 4.39. The molecule has 0 saturated heterocycles. The highest BCUT2D eigenvalue weighted by atomic mass is 35.5. The second-order valence-corrected chi connectivity index (χ2v) is 4.92. The molecule has 2 heteroatoms. The van der Waals surface area contributed by atoms with Crippen LogP contribution in [0.5, 0.6) is 0 Å². The quantitative estimate of drug-likeness (QED) is 0.647. The fraction of sp³-hybridized carbons (Fsp3) is 0.176. The van der Waals surface area contributed by atoms with Crippen LogP contribution in [0.1, 0.15) is 29.2 Å². The third kappa shape index (κ3) is 3.24. The summed E-state index contributed by atoms with van der Waals surface area (Å²) >= 11 is 5.98. The average molecular weight is 275 g/mol. The number of hydrogen-bond acceptors (Lipinski definition) is 0. The molecule has 0 N–H and O–H groups in total. The minimum absolute atomic E-state index is 0.300. The minimum atomic E-state index is -0.300. The Morgan fingerprint density at radius 1 is 1.16 bits per heavy atom. The van der Waals surface area contributed by atoms with Crippen LogP contribution in [0.2, 0.25) is 5.02 Å². The van der Waals surface area contributed by atoms with Crippen molar-refractivity contribution in [2.75, 3.05) is 0 Å². The van der Waals surface area contributed by atoms with Gasteiger partial charge in [-0.25, -0.2) is 4.39 Å². The lowest BCUT2D eigenvalue weighted by Crippen LogP contribution is -1.87. The zero-order valence-electron chi connectivity index (χ0n) is 11.1. The summed E-state index contributed by atoms with van der Waals surface area (Å²) in [6, 6.07) is 11.0. The van der Waals surface area contributed by atoms with Gasteiger partial charge in [-0.05, 0) is 48.2 Å². The van der Waals surface area contributed by atoms with Gasteiger partial charge in [0, 0.05) is 5.56 Å². The van der Waals surface area contributed by atoms with Gasteiger partial charge in [0.1, 0.15) is 5.82 Å². The molecule has 0 spiro atoms. The van der Waals surface area contributed by atoms with E-state index in [4.69, 9.17) is 11.6 Å². The molecule has 0 saturated carbocycles. The lowest BCUT2D eigenvalue weighted by Gasteiger charge is -2.04. The van der Waals surface area contributed by atoms with E-state index < -0.39 is 0 Å². The van der Waals surface area contributed by atoms with Gasteiger partial charge >= 0.3 is 0 Å². The van der Waals surface area contributed by atoms with Gasteiger partial charge in [-0.3, -0.25) is 0 Å². The molecule has 19 heavy (non-hydrogen) atoms. The number of rotatable bonds is 3. The van der Waals surface area contributed by atoms with E-state index in [1.807, 2.05) is 12.1 Å². The summed E-state index contributed by atoms with van der Waals surface area (Å²) in [4.78, 5) is 0. The van der Waals surface area contributed by atoms with Gasteiger partial charge in [0.05, 0.1) is 5.02 Å². The van der Waals surface area contributed by atoms with Crippen molar-refractivity contribution in [3.05, 3.63) is 69.5 Å². The Morgan fingerprint density at radius 3 is 2.58 bits per heavy atom. The van der Waals surface area contributed by atoms with Gasteiger partial charge in [-0.1, -0.05) is 48.9 Å². The topological polar surface area (TPSA) is 0 Å². The maximum Gasteiger partial charge on any atom is 0.131 e. The Balaban J connectivity index is 2.30. The van der Waals surface area contributed by atoms with Crippen molar-refractivity contribution in [2.24, 2.45) is 0 Å². The second-order valence-electron chi connectivity index (χ2n) is 4.51. The predicted molar refractivity (Wildman–Crippen MR) is 80.9 cm³/mol. The Morgan fingerprint density at radius 2 is 1.95 bits per heavy atom. The molecule has 0 aliphatic carbocycles. The van der Waals surface area contributed by atoms with Crippen LogP contribution in [0, 0.1) is 12.7 Å². The van der Waals surface area contributed by atoms with Gasteiger partial charge in [-0.2, -0.15) is 0 Å². The monoisotopic (exact) mass is 274 g/mol. The van der Waals surface area contributed by atoms with E-state index in [1.165, 1.54) is 17.2 Å². The first kappa shape index (κ1) is 13.8. The molecule has 0 bridgehead atoms. The van der Waals surface area contributed by atoms with E-state index >= 15 is 0 Å². The molecule has 0 fully saturated rings. The van der Waals surface area contributed by atoms with E-state index in [1.54, 1.807) is 18.2 Å². The van der Waals surface area contributed by atoms with E-state index in [0.29, 0.717) is 10.6 Å². The summed E-state index contributed by atoms with van der Waals surface area (Å²) < 4.78 is 13.6. The molecule has 0 nitrogen and oxygen atoms in total. The predicted octanol–water partition coefficient (Wildman–Crippen LogP) is 5.52. The molecule has 0 atom stereocenters. The molecule has 0 amide bonds. The highest BCUT2D eigenvalue weighted by Crippen LogP contribution is 2.22. The second kappa shape index (κ2) is 6.03. The fourth-order valence-electron chi connectivity index (χ4n) is 2.07. The van der Waals surface area contributed by atoms with Gasteiger partial charge in [0.2, 0.25) is 0 Å². The largest absolute Gasteiger partial charge is 0.206 e. The normalized spacial score (nSPS) is 11.2. The SMILES string of the molecule is CCc1ccc(C=Cc2c(F)cccc2Cl)cc1C. The van der Waals surface area contributed by atoms with Crippen LogP contribution in [-0.4, -0.2) is 0 Å².